The zero-order valence-electron chi connectivity index (χ0n) is 17.8. The van der Waals surface area contributed by atoms with Crippen molar-refractivity contribution in [3.63, 3.8) is 0 Å². The van der Waals surface area contributed by atoms with Crippen molar-refractivity contribution in [2.45, 2.75) is 6.42 Å². The second-order valence-corrected chi connectivity index (χ2v) is 7.35. The summed E-state index contributed by atoms with van der Waals surface area (Å²) in [7, 11) is 1.54. The van der Waals surface area contributed by atoms with Crippen molar-refractivity contribution in [2.75, 3.05) is 13.6 Å². The second kappa shape index (κ2) is 9.37. The number of amides is 2. The van der Waals surface area contributed by atoms with Crippen LogP contribution >= 0.6 is 0 Å². The molecule has 6 nitrogen and oxygen atoms in total. The number of hydrogen-bond donors (Lipinski definition) is 2. The molecule has 0 atom stereocenters. The summed E-state index contributed by atoms with van der Waals surface area (Å²) < 4.78 is 19.4. The van der Waals surface area contributed by atoms with Crippen LogP contribution in [0.1, 0.15) is 27.1 Å². The zero-order valence-corrected chi connectivity index (χ0v) is 17.8. The smallest absolute Gasteiger partial charge is 0.255 e. The van der Waals surface area contributed by atoms with Gasteiger partial charge in [0.05, 0.1) is 18.1 Å². The summed E-state index contributed by atoms with van der Waals surface area (Å²) in [6.45, 7) is 0.280. The second-order valence-electron chi connectivity index (χ2n) is 7.35. The summed E-state index contributed by atoms with van der Waals surface area (Å²) in [5.74, 6) is -0.612. The molecule has 164 valence electrons. The Hall–Kier alpha value is -4.44. The van der Waals surface area contributed by atoms with Crippen LogP contribution in [0.4, 0.5) is 4.39 Å². The predicted molar refractivity (Wildman–Crippen MR) is 123 cm³/mol. The molecule has 7 heteroatoms. The molecule has 4 aromatic rings. The fourth-order valence-corrected chi connectivity index (χ4v) is 3.61. The van der Waals surface area contributed by atoms with E-state index < -0.39 is 0 Å². The molecule has 0 bridgehead atoms. The van der Waals surface area contributed by atoms with Crippen LogP contribution in [0.5, 0.6) is 0 Å². The topological polar surface area (TPSA) is 95.1 Å². The quantitative estimate of drug-likeness (QED) is 0.416. The normalized spacial score (nSPS) is 10.6. The first-order valence-corrected chi connectivity index (χ1v) is 10.3. The fraction of sp³-hybridized carbons (Fsp3) is 0.115. The monoisotopic (exact) mass is 441 g/mol. The summed E-state index contributed by atoms with van der Waals surface area (Å²) in [6, 6.07) is 20.3. The van der Waals surface area contributed by atoms with Gasteiger partial charge in [-0.25, -0.2) is 4.39 Å². The highest BCUT2D eigenvalue weighted by Crippen LogP contribution is 2.36. The molecule has 0 aliphatic carbocycles. The van der Waals surface area contributed by atoms with Gasteiger partial charge in [-0.05, 0) is 59.7 Å². The molecule has 1 aromatic heterocycles. The van der Waals surface area contributed by atoms with Gasteiger partial charge in [0.15, 0.2) is 0 Å². The molecule has 33 heavy (non-hydrogen) atoms. The van der Waals surface area contributed by atoms with E-state index in [1.54, 1.807) is 36.4 Å². The van der Waals surface area contributed by atoms with Gasteiger partial charge in [0.25, 0.3) is 11.8 Å². The van der Waals surface area contributed by atoms with Crippen molar-refractivity contribution >= 4 is 22.8 Å². The van der Waals surface area contributed by atoms with Crippen molar-refractivity contribution in [2.24, 2.45) is 0 Å². The predicted octanol–water partition coefficient (Wildman–Crippen LogP) is 4.91. The molecule has 2 N–H and O–H groups in total. The molecule has 0 aliphatic heterocycles. The number of fused-ring (bicyclic) bond motifs is 1. The van der Waals surface area contributed by atoms with Crippen LogP contribution < -0.4 is 10.6 Å². The summed E-state index contributed by atoms with van der Waals surface area (Å²) in [6.07, 6.45) is 0.237. The summed E-state index contributed by atoms with van der Waals surface area (Å²) in [5.41, 5.74) is 3.51. The SMILES string of the molecule is CNC(=O)c1c(-c2ccc(F)cc2)oc2ccc(-c3cccc(C(=O)NCCC#N)c3)cc12. The zero-order chi connectivity index (χ0) is 23.4. The van der Waals surface area contributed by atoms with Crippen LogP contribution in [0.25, 0.3) is 33.4 Å². The third-order valence-electron chi connectivity index (χ3n) is 5.23. The van der Waals surface area contributed by atoms with E-state index >= 15 is 0 Å². The molecule has 0 saturated carbocycles. The van der Waals surface area contributed by atoms with Crippen molar-refractivity contribution in [1.29, 1.82) is 5.26 Å². The third-order valence-corrected chi connectivity index (χ3v) is 5.23. The summed E-state index contributed by atoms with van der Waals surface area (Å²) in [4.78, 5) is 25.1. The molecule has 2 amide bonds. The van der Waals surface area contributed by atoms with E-state index in [-0.39, 0.29) is 30.6 Å². The third kappa shape index (κ3) is 4.46. The average molecular weight is 441 g/mol. The molecule has 1 heterocycles. The van der Waals surface area contributed by atoms with Crippen LogP contribution in [0.2, 0.25) is 0 Å². The lowest BCUT2D eigenvalue weighted by atomic mass is 9.99. The number of nitriles is 1. The molecule has 0 fully saturated rings. The molecule has 3 aromatic carbocycles. The van der Waals surface area contributed by atoms with Crippen LogP contribution in [0.15, 0.2) is 71.1 Å². The largest absolute Gasteiger partial charge is 0.455 e. The highest BCUT2D eigenvalue weighted by molar-refractivity contribution is 6.11. The van der Waals surface area contributed by atoms with E-state index in [9.17, 15) is 14.0 Å². The number of furan rings is 1. The van der Waals surface area contributed by atoms with Crippen molar-refractivity contribution < 1.29 is 18.4 Å². The van der Waals surface area contributed by atoms with Crippen molar-refractivity contribution in [3.05, 3.63) is 83.7 Å². The van der Waals surface area contributed by atoms with E-state index in [0.29, 0.717) is 33.4 Å². The number of hydrogen-bond acceptors (Lipinski definition) is 4. The van der Waals surface area contributed by atoms with Crippen LogP contribution in [0.3, 0.4) is 0 Å². The van der Waals surface area contributed by atoms with Gasteiger partial charge in [-0.15, -0.1) is 0 Å². The van der Waals surface area contributed by atoms with Gasteiger partial charge < -0.3 is 15.1 Å². The molecule has 4 rings (SSSR count). The first-order chi connectivity index (χ1) is 16.0. The number of halogens is 1. The van der Waals surface area contributed by atoms with Gasteiger partial charge in [0, 0.05) is 30.1 Å². The first kappa shape index (κ1) is 21.8. The lowest BCUT2D eigenvalue weighted by molar-refractivity contribution is 0.0950. The van der Waals surface area contributed by atoms with Crippen molar-refractivity contribution in [1.82, 2.24) is 10.6 Å². The Labute approximate surface area is 189 Å². The highest BCUT2D eigenvalue weighted by Gasteiger charge is 2.22. The number of carbonyl (C=O) groups is 2. The molecule has 0 saturated heterocycles. The minimum absolute atomic E-state index is 0.237. The van der Waals surface area contributed by atoms with E-state index in [4.69, 9.17) is 9.68 Å². The maximum Gasteiger partial charge on any atom is 0.255 e. The number of carbonyl (C=O) groups excluding carboxylic acids is 2. The molecular formula is C26H20FN3O3. The van der Waals surface area contributed by atoms with E-state index in [0.717, 1.165) is 11.1 Å². The van der Waals surface area contributed by atoms with Crippen LogP contribution in [0, 0.1) is 17.1 Å². The summed E-state index contributed by atoms with van der Waals surface area (Å²) in [5, 5.41) is 14.6. The van der Waals surface area contributed by atoms with Crippen molar-refractivity contribution in [3.8, 4) is 28.5 Å². The Morgan fingerprint density at radius 3 is 2.42 bits per heavy atom. The maximum absolute atomic E-state index is 13.4. The van der Waals surface area contributed by atoms with Gasteiger partial charge in [-0.2, -0.15) is 5.26 Å². The fourth-order valence-electron chi connectivity index (χ4n) is 3.61. The Morgan fingerprint density at radius 1 is 0.970 bits per heavy atom. The van der Waals surface area contributed by atoms with Gasteiger partial charge in [0.1, 0.15) is 17.2 Å². The van der Waals surface area contributed by atoms with Gasteiger partial charge in [0.2, 0.25) is 0 Å². The number of nitrogens with zero attached hydrogens (tertiary/aromatic N) is 1. The molecule has 0 unspecified atom stereocenters. The Bertz CT molecular complexity index is 1380. The minimum atomic E-state index is -0.379. The maximum atomic E-state index is 13.4. The van der Waals surface area contributed by atoms with Crippen LogP contribution in [-0.2, 0) is 0 Å². The standard InChI is InChI=1S/C26H20FN3O3/c1-29-26(32)23-21-15-18(17-4-2-5-19(14-17)25(31)30-13-3-12-28)8-11-22(21)33-24(23)16-6-9-20(27)10-7-16/h2,4-11,14-15H,3,13H2,1H3,(H,29,32)(H,30,31). The van der Waals surface area contributed by atoms with Gasteiger partial charge in [-0.3, -0.25) is 9.59 Å². The summed E-state index contributed by atoms with van der Waals surface area (Å²) >= 11 is 0. The highest BCUT2D eigenvalue weighted by atomic mass is 19.1. The van der Waals surface area contributed by atoms with Gasteiger partial charge >= 0.3 is 0 Å². The Kier molecular flexibility index (Phi) is 6.18. The van der Waals surface area contributed by atoms with E-state index in [2.05, 4.69) is 10.6 Å². The molecular weight excluding hydrogens is 421 g/mol. The lowest BCUT2D eigenvalue weighted by Crippen LogP contribution is -2.24. The van der Waals surface area contributed by atoms with Gasteiger partial charge in [-0.1, -0.05) is 18.2 Å². The molecule has 0 spiro atoms. The number of rotatable bonds is 6. The lowest BCUT2D eigenvalue weighted by Gasteiger charge is -2.07. The number of benzene rings is 3. The Morgan fingerprint density at radius 2 is 1.70 bits per heavy atom. The average Bonchev–Trinajstić information content (AvgIpc) is 3.23. The molecule has 0 radical (unpaired) electrons. The Balaban J connectivity index is 1.78. The number of nitrogens with one attached hydrogen (secondary N) is 2. The first-order valence-electron chi connectivity index (χ1n) is 10.3. The van der Waals surface area contributed by atoms with E-state index in [1.807, 2.05) is 24.3 Å². The van der Waals surface area contributed by atoms with Crippen LogP contribution in [-0.4, -0.2) is 25.4 Å². The molecule has 0 aliphatic rings. The minimum Gasteiger partial charge on any atom is -0.455 e. The van der Waals surface area contributed by atoms with E-state index in [1.165, 1.54) is 19.2 Å².